The number of nitrogens with zero attached hydrogens (tertiary/aromatic N) is 5. The van der Waals surface area contributed by atoms with Crippen molar-refractivity contribution < 1.29 is 4.74 Å². The summed E-state index contributed by atoms with van der Waals surface area (Å²) in [5.74, 6) is 2.53. The summed E-state index contributed by atoms with van der Waals surface area (Å²) in [7, 11) is 0. The third kappa shape index (κ3) is 2.11. The summed E-state index contributed by atoms with van der Waals surface area (Å²) < 4.78 is 8.29. The number of aryl methyl sites for hydroxylation is 1. The standard InChI is InChI=1S/C20H21N5O/c1-2-4-16-14(3-1)9-10-20(16)13-24(11-12-26-20)18-8-7-17-21-22-19(15-5-6-15)25(17)23-18/h1-4,7-8,15H,5-6,9-13H2. The zero-order valence-electron chi connectivity index (χ0n) is 14.6. The number of aromatic nitrogens is 4. The van der Waals surface area contributed by atoms with Crippen molar-refractivity contribution in [2.45, 2.75) is 37.2 Å². The van der Waals surface area contributed by atoms with Crippen molar-refractivity contribution in [1.82, 2.24) is 19.8 Å². The number of ether oxygens (including phenoxy) is 1. The van der Waals surface area contributed by atoms with Crippen LogP contribution >= 0.6 is 0 Å². The lowest BCUT2D eigenvalue weighted by Crippen LogP contribution is -2.49. The number of hydrogen-bond acceptors (Lipinski definition) is 5. The van der Waals surface area contributed by atoms with Crippen LogP contribution in [0.1, 0.15) is 42.1 Å². The molecule has 1 saturated heterocycles. The Balaban J connectivity index is 1.37. The molecule has 6 nitrogen and oxygen atoms in total. The van der Waals surface area contributed by atoms with Gasteiger partial charge in [-0.15, -0.1) is 15.3 Å². The fourth-order valence-corrected chi connectivity index (χ4v) is 4.51. The molecule has 3 heterocycles. The summed E-state index contributed by atoms with van der Waals surface area (Å²) in [6.45, 7) is 2.44. The first-order chi connectivity index (χ1) is 12.8. The molecule has 0 bridgehead atoms. The molecule has 26 heavy (non-hydrogen) atoms. The molecule has 6 heteroatoms. The maximum atomic E-state index is 6.35. The summed E-state index contributed by atoms with van der Waals surface area (Å²) >= 11 is 0. The van der Waals surface area contributed by atoms with E-state index in [0.29, 0.717) is 5.92 Å². The van der Waals surface area contributed by atoms with Crippen LogP contribution in [0.4, 0.5) is 5.82 Å². The van der Waals surface area contributed by atoms with Gasteiger partial charge in [0.15, 0.2) is 11.5 Å². The smallest absolute Gasteiger partial charge is 0.178 e. The Morgan fingerprint density at radius 3 is 2.92 bits per heavy atom. The van der Waals surface area contributed by atoms with Crippen molar-refractivity contribution >= 4 is 11.5 Å². The van der Waals surface area contributed by atoms with Gasteiger partial charge < -0.3 is 9.64 Å². The van der Waals surface area contributed by atoms with Gasteiger partial charge in [-0.05, 0) is 48.9 Å². The predicted octanol–water partition coefficient (Wildman–Crippen LogP) is 2.68. The van der Waals surface area contributed by atoms with E-state index in [4.69, 9.17) is 9.84 Å². The van der Waals surface area contributed by atoms with Crippen LogP contribution in [0.25, 0.3) is 5.65 Å². The summed E-state index contributed by atoms with van der Waals surface area (Å²) in [4.78, 5) is 2.36. The van der Waals surface area contributed by atoms with Crippen molar-refractivity contribution in [1.29, 1.82) is 0 Å². The van der Waals surface area contributed by atoms with Crippen LogP contribution in [-0.4, -0.2) is 39.5 Å². The zero-order valence-corrected chi connectivity index (χ0v) is 14.6. The molecule has 2 fully saturated rings. The molecule has 1 spiro atoms. The quantitative estimate of drug-likeness (QED) is 0.713. The Bertz CT molecular complexity index is 991. The lowest BCUT2D eigenvalue weighted by atomic mass is 9.93. The Hall–Kier alpha value is -2.47. The zero-order chi connectivity index (χ0) is 17.1. The Labute approximate surface area is 151 Å². The second-order valence-corrected chi connectivity index (χ2v) is 7.72. The Kier molecular flexibility index (Phi) is 2.97. The molecule has 1 aromatic carbocycles. The highest BCUT2D eigenvalue weighted by Crippen LogP contribution is 2.43. The molecule has 0 radical (unpaired) electrons. The summed E-state index contributed by atoms with van der Waals surface area (Å²) in [6, 6.07) is 12.8. The molecular formula is C20H21N5O. The fourth-order valence-electron chi connectivity index (χ4n) is 4.51. The van der Waals surface area contributed by atoms with Gasteiger partial charge in [0.05, 0.1) is 13.2 Å². The lowest BCUT2D eigenvalue weighted by molar-refractivity contribution is -0.0594. The minimum Gasteiger partial charge on any atom is -0.367 e. The van der Waals surface area contributed by atoms with Gasteiger partial charge in [0, 0.05) is 12.5 Å². The normalized spacial score (nSPS) is 25.2. The average molecular weight is 347 g/mol. The topological polar surface area (TPSA) is 55.6 Å². The average Bonchev–Trinajstić information content (AvgIpc) is 3.36. The highest BCUT2D eigenvalue weighted by atomic mass is 16.5. The third-order valence-corrected chi connectivity index (χ3v) is 6.03. The van der Waals surface area contributed by atoms with Crippen LogP contribution in [0, 0.1) is 0 Å². The van der Waals surface area contributed by atoms with E-state index < -0.39 is 0 Å². The van der Waals surface area contributed by atoms with Gasteiger partial charge in [-0.25, -0.2) is 0 Å². The van der Waals surface area contributed by atoms with E-state index in [1.807, 2.05) is 10.6 Å². The molecule has 2 aliphatic carbocycles. The van der Waals surface area contributed by atoms with E-state index in [-0.39, 0.29) is 5.60 Å². The van der Waals surface area contributed by atoms with E-state index in [1.165, 1.54) is 24.0 Å². The Morgan fingerprint density at radius 1 is 1.08 bits per heavy atom. The molecule has 2 aromatic heterocycles. The van der Waals surface area contributed by atoms with Gasteiger partial charge in [-0.1, -0.05) is 24.3 Å². The van der Waals surface area contributed by atoms with Crippen molar-refractivity contribution in [3.05, 3.63) is 53.3 Å². The largest absolute Gasteiger partial charge is 0.367 e. The molecule has 132 valence electrons. The summed E-state index contributed by atoms with van der Waals surface area (Å²) in [6.07, 6.45) is 4.53. The molecule has 3 aromatic rings. The van der Waals surface area contributed by atoms with Gasteiger partial charge in [0.2, 0.25) is 0 Å². The van der Waals surface area contributed by atoms with Crippen molar-refractivity contribution in [2.75, 3.05) is 24.6 Å². The van der Waals surface area contributed by atoms with E-state index in [0.717, 1.165) is 49.8 Å². The van der Waals surface area contributed by atoms with Crippen molar-refractivity contribution in [3.8, 4) is 0 Å². The van der Waals surface area contributed by atoms with E-state index in [2.05, 4.69) is 45.4 Å². The van der Waals surface area contributed by atoms with E-state index in [9.17, 15) is 0 Å². The van der Waals surface area contributed by atoms with Gasteiger partial charge in [-0.3, -0.25) is 0 Å². The molecule has 1 aliphatic heterocycles. The molecular weight excluding hydrogens is 326 g/mol. The first kappa shape index (κ1) is 14.7. The van der Waals surface area contributed by atoms with Gasteiger partial charge in [-0.2, -0.15) is 4.52 Å². The van der Waals surface area contributed by atoms with Gasteiger partial charge >= 0.3 is 0 Å². The van der Waals surface area contributed by atoms with Gasteiger partial charge in [0.1, 0.15) is 11.4 Å². The Morgan fingerprint density at radius 2 is 2.00 bits per heavy atom. The van der Waals surface area contributed by atoms with Crippen LogP contribution in [0.15, 0.2) is 36.4 Å². The number of fused-ring (bicyclic) bond motifs is 3. The lowest BCUT2D eigenvalue weighted by Gasteiger charge is -2.41. The van der Waals surface area contributed by atoms with E-state index in [1.54, 1.807) is 0 Å². The number of hydrogen-bond donors (Lipinski definition) is 0. The molecule has 0 amide bonds. The molecule has 3 aliphatic rings. The first-order valence-electron chi connectivity index (χ1n) is 9.52. The number of morpholine rings is 1. The summed E-state index contributed by atoms with van der Waals surface area (Å²) in [5, 5.41) is 13.5. The van der Waals surface area contributed by atoms with Gasteiger partial charge in [0.25, 0.3) is 0 Å². The highest BCUT2D eigenvalue weighted by Gasteiger charge is 2.43. The monoisotopic (exact) mass is 347 g/mol. The van der Waals surface area contributed by atoms with Crippen LogP contribution < -0.4 is 4.90 Å². The molecule has 1 atom stereocenters. The molecule has 1 saturated carbocycles. The van der Waals surface area contributed by atoms with Crippen molar-refractivity contribution in [2.24, 2.45) is 0 Å². The molecule has 0 N–H and O–H groups in total. The molecule has 6 rings (SSSR count). The molecule has 1 unspecified atom stereocenters. The third-order valence-electron chi connectivity index (χ3n) is 6.03. The van der Waals surface area contributed by atoms with Crippen LogP contribution in [-0.2, 0) is 16.8 Å². The van der Waals surface area contributed by atoms with Crippen LogP contribution in [0.2, 0.25) is 0 Å². The number of rotatable bonds is 2. The maximum absolute atomic E-state index is 6.35. The minimum atomic E-state index is -0.196. The first-order valence-corrected chi connectivity index (χ1v) is 9.52. The predicted molar refractivity (Wildman–Crippen MR) is 97.4 cm³/mol. The SMILES string of the molecule is c1ccc2c(c1)CCC21CN(c2ccc3nnc(C4CC4)n3n2)CCO1. The van der Waals surface area contributed by atoms with Crippen molar-refractivity contribution in [3.63, 3.8) is 0 Å². The maximum Gasteiger partial charge on any atom is 0.178 e. The van der Waals surface area contributed by atoms with Crippen LogP contribution in [0.3, 0.4) is 0 Å². The summed E-state index contributed by atoms with van der Waals surface area (Å²) in [5.41, 5.74) is 3.42. The second kappa shape index (κ2) is 5.27. The van der Waals surface area contributed by atoms with E-state index >= 15 is 0 Å². The number of benzene rings is 1. The minimum absolute atomic E-state index is 0.196. The van der Waals surface area contributed by atoms with Crippen LogP contribution in [0.5, 0.6) is 0 Å². The second-order valence-electron chi connectivity index (χ2n) is 7.72. The fraction of sp³-hybridized carbons (Fsp3) is 0.450. The highest BCUT2D eigenvalue weighted by molar-refractivity contribution is 5.48. The number of anilines is 1.